The fourth-order valence-electron chi connectivity index (χ4n) is 5.88. The third kappa shape index (κ3) is 5.72. The van der Waals surface area contributed by atoms with Gasteiger partial charge in [-0.05, 0) is 55.7 Å². The molecule has 1 heterocycles. The van der Waals surface area contributed by atoms with Crippen molar-refractivity contribution in [1.82, 2.24) is 10.6 Å². The fourth-order valence-corrected chi connectivity index (χ4v) is 8.33. The van der Waals surface area contributed by atoms with E-state index in [9.17, 15) is 41.1 Å². The fraction of sp³-hybridized carbons (Fsp3) is 0.423. The highest BCUT2D eigenvalue weighted by Crippen LogP contribution is 2.50. The Morgan fingerprint density at radius 1 is 1.12 bits per heavy atom. The zero-order valence-corrected chi connectivity index (χ0v) is 22.8. The molecule has 0 spiro atoms. The number of nitrogens with one attached hydrogen (secondary N) is 3. The molecule has 3 unspecified atom stereocenters. The van der Waals surface area contributed by atoms with Crippen LogP contribution in [0, 0.1) is 29.3 Å². The Bertz CT molecular complexity index is 1520. The smallest absolute Gasteiger partial charge is 0.407 e. The summed E-state index contributed by atoms with van der Waals surface area (Å²) in [6.45, 7) is -0.266. The first-order valence-electron chi connectivity index (χ1n) is 12.7. The number of sulfone groups is 1. The molecular formula is C26H25ClF3N3O7S. The molecule has 3 fully saturated rings. The number of ether oxygens (including phenoxy) is 1. The van der Waals surface area contributed by atoms with Gasteiger partial charge in [0.05, 0.1) is 20.8 Å². The molecular weight excluding hydrogens is 591 g/mol. The lowest BCUT2D eigenvalue weighted by Crippen LogP contribution is -2.51. The lowest BCUT2D eigenvalue weighted by atomic mass is 9.84. The van der Waals surface area contributed by atoms with E-state index < -0.39 is 68.0 Å². The highest BCUT2D eigenvalue weighted by Gasteiger charge is 2.53. The number of alkyl carbamates (subject to hydrolysis) is 1. The summed E-state index contributed by atoms with van der Waals surface area (Å²) in [5.41, 5.74) is -1.90. The van der Waals surface area contributed by atoms with Gasteiger partial charge in [-0.3, -0.25) is 9.59 Å². The third-order valence-corrected chi connectivity index (χ3v) is 10.6. The van der Waals surface area contributed by atoms with E-state index >= 15 is 0 Å². The van der Waals surface area contributed by atoms with E-state index in [1.165, 1.54) is 12.1 Å². The molecule has 220 valence electrons. The topological polar surface area (TPSA) is 151 Å². The van der Waals surface area contributed by atoms with Crippen molar-refractivity contribution in [3.05, 3.63) is 58.4 Å². The normalized spacial score (nSPS) is 27.2. The Labute approximate surface area is 237 Å². The number of fused-ring (bicyclic) bond motifs is 2. The summed E-state index contributed by atoms with van der Waals surface area (Å²) in [5, 5.41) is 17.4. The zero-order valence-electron chi connectivity index (χ0n) is 21.3. The number of amides is 3. The second-order valence-corrected chi connectivity index (χ2v) is 13.2. The van der Waals surface area contributed by atoms with Gasteiger partial charge in [0.1, 0.15) is 12.6 Å². The summed E-state index contributed by atoms with van der Waals surface area (Å²) in [4.78, 5) is 36.0. The molecule has 5 rings (SSSR count). The molecule has 41 heavy (non-hydrogen) atoms. The van der Waals surface area contributed by atoms with E-state index in [0.717, 1.165) is 6.07 Å². The van der Waals surface area contributed by atoms with Gasteiger partial charge in [0.2, 0.25) is 5.91 Å². The van der Waals surface area contributed by atoms with Crippen molar-refractivity contribution in [1.29, 1.82) is 0 Å². The van der Waals surface area contributed by atoms with Crippen molar-refractivity contribution in [3.8, 4) is 0 Å². The maximum Gasteiger partial charge on any atom is 0.407 e. The van der Waals surface area contributed by atoms with Crippen LogP contribution in [0.15, 0.2) is 35.2 Å². The van der Waals surface area contributed by atoms with E-state index in [0.29, 0.717) is 18.6 Å². The van der Waals surface area contributed by atoms with Crippen LogP contribution in [0.4, 0.5) is 23.7 Å². The molecule has 3 amide bonds. The molecule has 5 atom stereocenters. The van der Waals surface area contributed by atoms with Crippen LogP contribution in [0.3, 0.4) is 0 Å². The lowest BCUT2D eigenvalue weighted by Gasteiger charge is -2.33. The summed E-state index contributed by atoms with van der Waals surface area (Å²) in [6, 6.07) is 3.80. The number of anilines is 1. The number of hydrogen-bond donors (Lipinski definition) is 4. The van der Waals surface area contributed by atoms with E-state index in [2.05, 4.69) is 16.0 Å². The molecule has 15 heteroatoms. The molecule has 1 saturated heterocycles. The molecule has 2 bridgehead atoms. The molecule has 4 N–H and O–H groups in total. The van der Waals surface area contributed by atoms with Crippen LogP contribution in [0.1, 0.15) is 36.0 Å². The largest absolute Gasteiger partial charge is 0.447 e. The predicted molar refractivity (Wildman–Crippen MR) is 138 cm³/mol. The average Bonchev–Trinajstić information content (AvgIpc) is 3.45. The highest BCUT2D eigenvalue weighted by atomic mass is 35.5. The van der Waals surface area contributed by atoms with E-state index in [4.69, 9.17) is 16.3 Å². The van der Waals surface area contributed by atoms with Crippen molar-refractivity contribution in [2.45, 2.75) is 47.5 Å². The first-order chi connectivity index (χ1) is 19.3. The Hall–Kier alpha value is -3.36. The van der Waals surface area contributed by atoms with Gasteiger partial charge in [0, 0.05) is 29.9 Å². The van der Waals surface area contributed by atoms with Crippen LogP contribution in [-0.4, -0.2) is 61.5 Å². The second kappa shape index (κ2) is 10.8. The maximum absolute atomic E-state index is 13.7. The summed E-state index contributed by atoms with van der Waals surface area (Å²) in [6.07, 6.45) is 0.408. The Morgan fingerprint density at radius 2 is 1.83 bits per heavy atom. The summed E-state index contributed by atoms with van der Waals surface area (Å²) >= 11 is 6.24. The SMILES string of the molecule is O=C1NC(C(=O)NC[C@]2(O)CC3CC2C[C@@H](S(=O)(=O)c2cc(C(=O)Nc4cc(F)c(F)c(F)c4)ccc2Cl)C3)CO1. The van der Waals surface area contributed by atoms with Gasteiger partial charge in [-0.25, -0.2) is 26.4 Å². The number of carbonyl (C=O) groups excluding carboxylic acids is 3. The van der Waals surface area contributed by atoms with E-state index in [1.807, 2.05) is 0 Å². The third-order valence-electron chi connectivity index (χ3n) is 7.90. The summed E-state index contributed by atoms with van der Waals surface area (Å²) in [7, 11) is -4.11. The number of halogens is 4. The highest BCUT2D eigenvalue weighted by molar-refractivity contribution is 7.92. The van der Waals surface area contributed by atoms with Gasteiger partial charge < -0.3 is 25.8 Å². The minimum Gasteiger partial charge on any atom is -0.447 e. The van der Waals surface area contributed by atoms with Gasteiger partial charge >= 0.3 is 6.09 Å². The number of benzene rings is 2. The van der Waals surface area contributed by atoms with Crippen LogP contribution in [0.25, 0.3) is 0 Å². The van der Waals surface area contributed by atoms with Crippen molar-refractivity contribution in [2.75, 3.05) is 18.5 Å². The van der Waals surface area contributed by atoms with Crippen LogP contribution in [0.2, 0.25) is 5.02 Å². The number of cyclic esters (lactones) is 1. The number of aliphatic hydroxyl groups is 1. The molecule has 2 aromatic rings. The van der Waals surface area contributed by atoms with Crippen molar-refractivity contribution in [3.63, 3.8) is 0 Å². The van der Waals surface area contributed by atoms with Gasteiger partial charge in [-0.2, -0.15) is 0 Å². The molecule has 1 aliphatic heterocycles. The predicted octanol–water partition coefficient (Wildman–Crippen LogP) is 2.93. The minimum atomic E-state index is -4.11. The zero-order chi connectivity index (χ0) is 29.7. The first-order valence-corrected chi connectivity index (χ1v) is 14.6. The monoisotopic (exact) mass is 615 g/mol. The quantitative estimate of drug-likeness (QED) is 0.350. The van der Waals surface area contributed by atoms with Crippen LogP contribution in [0.5, 0.6) is 0 Å². The maximum atomic E-state index is 13.7. The molecule has 0 radical (unpaired) electrons. The minimum absolute atomic E-state index is 0.0787. The molecule has 2 aliphatic carbocycles. The Kier molecular flexibility index (Phi) is 7.68. The molecule has 3 aliphatic rings. The van der Waals surface area contributed by atoms with Crippen LogP contribution >= 0.6 is 11.6 Å². The first kappa shape index (κ1) is 29.1. The van der Waals surface area contributed by atoms with E-state index in [-0.39, 0.29) is 59.5 Å². The van der Waals surface area contributed by atoms with Crippen LogP contribution < -0.4 is 16.0 Å². The van der Waals surface area contributed by atoms with Gasteiger partial charge in [-0.1, -0.05) is 11.6 Å². The Morgan fingerprint density at radius 3 is 2.49 bits per heavy atom. The summed E-state index contributed by atoms with van der Waals surface area (Å²) in [5.74, 6) is -6.75. The molecule has 0 aromatic heterocycles. The van der Waals surface area contributed by atoms with Gasteiger partial charge in [-0.15, -0.1) is 0 Å². The molecule has 2 aromatic carbocycles. The average molecular weight is 616 g/mol. The van der Waals surface area contributed by atoms with Gasteiger partial charge in [0.25, 0.3) is 5.91 Å². The standard InChI is InChI=1S/C26H25ClF3N3O7S/c27-17-2-1-13(23(34)32-15-7-18(28)22(30)19(29)8-15)5-21(17)41(38,39)16-4-12-3-14(6-16)26(37,9-12)11-31-24(35)20-10-40-25(36)33-20/h1-2,5,7-8,12,14,16,20,37H,3-4,6,9-11H2,(H,31,35)(H,32,34)(H,33,36)/t12?,14?,16-,20?,26+/m0/s1. The second-order valence-electron chi connectivity index (χ2n) is 10.6. The van der Waals surface area contributed by atoms with Crippen molar-refractivity contribution < 1.29 is 45.8 Å². The van der Waals surface area contributed by atoms with Crippen LogP contribution in [-0.2, 0) is 19.4 Å². The van der Waals surface area contributed by atoms with Crippen molar-refractivity contribution in [2.24, 2.45) is 11.8 Å². The number of hydrogen-bond acceptors (Lipinski definition) is 7. The lowest BCUT2D eigenvalue weighted by molar-refractivity contribution is -0.124. The number of rotatable bonds is 7. The number of carbonyl (C=O) groups is 3. The van der Waals surface area contributed by atoms with Gasteiger partial charge in [0.15, 0.2) is 27.3 Å². The summed E-state index contributed by atoms with van der Waals surface area (Å²) < 4.78 is 72.5. The Balaban J connectivity index is 1.30. The molecule has 2 saturated carbocycles. The van der Waals surface area contributed by atoms with E-state index in [1.54, 1.807) is 0 Å². The molecule has 10 nitrogen and oxygen atoms in total. The van der Waals surface area contributed by atoms with Crippen molar-refractivity contribution >= 4 is 45.0 Å².